The summed E-state index contributed by atoms with van der Waals surface area (Å²) in [5, 5.41) is 0. The Morgan fingerprint density at radius 2 is 2.29 bits per heavy atom. The molecule has 0 saturated heterocycles. The van der Waals surface area contributed by atoms with Crippen molar-refractivity contribution in [2.45, 2.75) is 38.9 Å². The molecule has 0 N–H and O–H groups in total. The van der Waals surface area contributed by atoms with Gasteiger partial charge in [0.05, 0.1) is 6.10 Å². The van der Waals surface area contributed by atoms with Gasteiger partial charge < -0.3 is 9.47 Å². The SMILES string of the molecule is CC(C)OC(=O)[C@@H]1CCc2cc(Br)ccc2O1. The lowest BCUT2D eigenvalue weighted by molar-refractivity contribution is -0.156. The van der Waals surface area contributed by atoms with Gasteiger partial charge in [0.2, 0.25) is 0 Å². The minimum absolute atomic E-state index is 0.0996. The number of ether oxygens (including phenoxy) is 2. The summed E-state index contributed by atoms with van der Waals surface area (Å²) >= 11 is 3.42. The fourth-order valence-corrected chi connectivity index (χ4v) is 2.24. The molecule has 1 aromatic rings. The van der Waals surface area contributed by atoms with Gasteiger partial charge in [0, 0.05) is 4.47 Å². The van der Waals surface area contributed by atoms with Crippen molar-refractivity contribution in [3.05, 3.63) is 28.2 Å². The first-order valence-electron chi connectivity index (χ1n) is 5.72. The fraction of sp³-hybridized carbons (Fsp3) is 0.462. The van der Waals surface area contributed by atoms with Crippen LogP contribution in [0.1, 0.15) is 25.8 Å². The average molecular weight is 299 g/mol. The highest BCUT2D eigenvalue weighted by Gasteiger charge is 2.27. The van der Waals surface area contributed by atoms with Crippen molar-refractivity contribution >= 4 is 21.9 Å². The second-order valence-corrected chi connectivity index (χ2v) is 5.30. The van der Waals surface area contributed by atoms with Gasteiger partial charge in [-0.1, -0.05) is 15.9 Å². The molecule has 0 unspecified atom stereocenters. The molecule has 1 aromatic carbocycles. The van der Waals surface area contributed by atoms with E-state index in [9.17, 15) is 4.79 Å². The van der Waals surface area contributed by atoms with Crippen molar-refractivity contribution in [1.82, 2.24) is 0 Å². The topological polar surface area (TPSA) is 35.5 Å². The van der Waals surface area contributed by atoms with Gasteiger partial charge in [0.25, 0.3) is 0 Å². The van der Waals surface area contributed by atoms with E-state index in [1.165, 1.54) is 0 Å². The summed E-state index contributed by atoms with van der Waals surface area (Å²) in [5.41, 5.74) is 1.13. The molecule has 3 nitrogen and oxygen atoms in total. The number of benzene rings is 1. The number of aryl methyl sites for hydroxylation is 1. The van der Waals surface area contributed by atoms with Gasteiger partial charge in [-0.05, 0) is 50.5 Å². The van der Waals surface area contributed by atoms with Crippen molar-refractivity contribution in [1.29, 1.82) is 0 Å². The number of hydrogen-bond acceptors (Lipinski definition) is 3. The molecule has 1 heterocycles. The van der Waals surface area contributed by atoms with Crippen molar-refractivity contribution in [3.63, 3.8) is 0 Å². The smallest absolute Gasteiger partial charge is 0.347 e. The predicted molar refractivity (Wildman–Crippen MR) is 68.1 cm³/mol. The Kier molecular flexibility index (Phi) is 3.72. The predicted octanol–water partition coefficient (Wildman–Crippen LogP) is 3.09. The van der Waals surface area contributed by atoms with Crippen LogP contribution in [-0.2, 0) is 16.0 Å². The van der Waals surface area contributed by atoms with E-state index >= 15 is 0 Å². The number of hydrogen-bond donors (Lipinski definition) is 0. The molecule has 1 aliphatic heterocycles. The van der Waals surface area contributed by atoms with Crippen LogP contribution in [-0.4, -0.2) is 18.2 Å². The highest BCUT2D eigenvalue weighted by atomic mass is 79.9. The number of carbonyl (C=O) groups is 1. The van der Waals surface area contributed by atoms with E-state index in [4.69, 9.17) is 9.47 Å². The van der Waals surface area contributed by atoms with Crippen molar-refractivity contribution in [2.75, 3.05) is 0 Å². The van der Waals surface area contributed by atoms with Gasteiger partial charge in [-0.2, -0.15) is 0 Å². The van der Waals surface area contributed by atoms with Crippen LogP contribution in [0, 0.1) is 0 Å². The number of esters is 1. The molecular formula is C13H15BrO3. The van der Waals surface area contributed by atoms with E-state index < -0.39 is 6.10 Å². The lowest BCUT2D eigenvalue weighted by atomic mass is 10.0. The first-order chi connectivity index (χ1) is 8.06. The Morgan fingerprint density at radius 1 is 1.53 bits per heavy atom. The molecule has 17 heavy (non-hydrogen) atoms. The molecule has 2 rings (SSSR count). The average Bonchev–Trinajstić information content (AvgIpc) is 2.27. The van der Waals surface area contributed by atoms with Crippen molar-refractivity contribution < 1.29 is 14.3 Å². The van der Waals surface area contributed by atoms with E-state index in [-0.39, 0.29) is 12.1 Å². The summed E-state index contributed by atoms with van der Waals surface area (Å²) in [6.45, 7) is 3.68. The molecule has 0 amide bonds. The molecule has 1 atom stereocenters. The van der Waals surface area contributed by atoms with Gasteiger partial charge in [-0.3, -0.25) is 0 Å². The first-order valence-corrected chi connectivity index (χ1v) is 6.51. The van der Waals surface area contributed by atoms with E-state index in [0.29, 0.717) is 6.42 Å². The summed E-state index contributed by atoms with van der Waals surface area (Å²) in [6, 6.07) is 5.82. The number of fused-ring (bicyclic) bond motifs is 1. The number of rotatable bonds is 2. The molecule has 0 saturated carbocycles. The van der Waals surface area contributed by atoms with Crippen LogP contribution in [0.25, 0.3) is 0 Å². The second kappa shape index (κ2) is 5.08. The molecular weight excluding hydrogens is 284 g/mol. The largest absolute Gasteiger partial charge is 0.478 e. The second-order valence-electron chi connectivity index (χ2n) is 4.38. The highest BCUT2D eigenvalue weighted by molar-refractivity contribution is 9.10. The quantitative estimate of drug-likeness (QED) is 0.787. The highest BCUT2D eigenvalue weighted by Crippen LogP contribution is 2.30. The van der Waals surface area contributed by atoms with E-state index in [2.05, 4.69) is 15.9 Å². The van der Waals surface area contributed by atoms with E-state index in [0.717, 1.165) is 22.2 Å². The van der Waals surface area contributed by atoms with E-state index in [1.54, 1.807) is 0 Å². The van der Waals surface area contributed by atoms with Crippen LogP contribution >= 0.6 is 15.9 Å². The Bertz CT molecular complexity index is 429. The molecule has 0 spiro atoms. The maximum atomic E-state index is 11.7. The van der Waals surface area contributed by atoms with Crippen LogP contribution in [0.2, 0.25) is 0 Å². The molecule has 0 bridgehead atoms. The summed E-state index contributed by atoms with van der Waals surface area (Å²) < 4.78 is 11.8. The summed E-state index contributed by atoms with van der Waals surface area (Å²) in [6.07, 6.45) is 0.949. The third kappa shape index (κ3) is 3.00. The summed E-state index contributed by atoms with van der Waals surface area (Å²) in [7, 11) is 0. The van der Waals surface area contributed by atoms with Gasteiger partial charge in [-0.15, -0.1) is 0 Å². The van der Waals surface area contributed by atoms with Crippen LogP contribution in [0.5, 0.6) is 5.75 Å². The van der Waals surface area contributed by atoms with Crippen LogP contribution in [0.15, 0.2) is 22.7 Å². The van der Waals surface area contributed by atoms with Gasteiger partial charge in [-0.25, -0.2) is 4.79 Å². The molecule has 0 aliphatic carbocycles. The number of halogens is 1. The first kappa shape index (κ1) is 12.4. The zero-order valence-corrected chi connectivity index (χ0v) is 11.5. The third-order valence-corrected chi connectivity index (χ3v) is 3.08. The lowest BCUT2D eigenvalue weighted by Crippen LogP contribution is -2.34. The van der Waals surface area contributed by atoms with Crippen LogP contribution < -0.4 is 4.74 Å². The normalized spacial score (nSPS) is 18.5. The van der Waals surface area contributed by atoms with Crippen molar-refractivity contribution in [2.24, 2.45) is 0 Å². The maximum Gasteiger partial charge on any atom is 0.347 e. The Balaban J connectivity index is 2.08. The monoisotopic (exact) mass is 298 g/mol. The minimum Gasteiger partial charge on any atom is -0.478 e. The van der Waals surface area contributed by atoms with Crippen LogP contribution in [0.3, 0.4) is 0 Å². The third-order valence-electron chi connectivity index (χ3n) is 2.58. The van der Waals surface area contributed by atoms with Gasteiger partial charge >= 0.3 is 5.97 Å². The van der Waals surface area contributed by atoms with E-state index in [1.807, 2.05) is 32.0 Å². The molecule has 4 heteroatoms. The lowest BCUT2D eigenvalue weighted by Gasteiger charge is -2.25. The summed E-state index contributed by atoms with van der Waals surface area (Å²) in [4.78, 5) is 11.7. The maximum absolute atomic E-state index is 11.7. The zero-order chi connectivity index (χ0) is 12.4. The Hall–Kier alpha value is -1.03. The molecule has 0 aromatic heterocycles. The van der Waals surface area contributed by atoms with Crippen molar-refractivity contribution in [3.8, 4) is 5.75 Å². The van der Waals surface area contributed by atoms with Crippen LogP contribution in [0.4, 0.5) is 0 Å². The molecule has 0 fully saturated rings. The summed E-state index contributed by atoms with van der Waals surface area (Å²) in [5.74, 6) is 0.513. The Labute approximate surface area is 109 Å². The fourth-order valence-electron chi connectivity index (χ4n) is 1.83. The Morgan fingerprint density at radius 3 is 3.00 bits per heavy atom. The van der Waals surface area contributed by atoms with Gasteiger partial charge in [0.1, 0.15) is 5.75 Å². The molecule has 92 valence electrons. The number of carbonyl (C=O) groups excluding carboxylic acids is 1. The molecule has 0 radical (unpaired) electrons. The molecule has 1 aliphatic rings. The standard InChI is InChI=1S/C13H15BrO3/c1-8(2)16-13(15)12-5-3-9-7-10(14)4-6-11(9)17-12/h4,6-8,12H,3,5H2,1-2H3/t12-/m0/s1. The minimum atomic E-state index is -0.467. The van der Waals surface area contributed by atoms with Gasteiger partial charge in [0.15, 0.2) is 6.10 Å². The zero-order valence-electron chi connectivity index (χ0n) is 9.90.